The van der Waals surface area contributed by atoms with Crippen LogP contribution >= 0.6 is 0 Å². The molecule has 6 heteroatoms. The first-order valence-electron chi connectivity index (χ1n) is 10.2. The molecule has 3 amide bonds. The fourth-order valence-electron chi connectivity index (χ4n) is 4.40. The average Bonchev–Trinajstić information content (AvgIpc) is 3.29. The van der Waals surface area contributed by atoms with Gasteiger partial charge in [0.1, 0.15) is 5.82 Å². The number of likely N-dealkylation sites (tertiary alicyclic amines) is 2. The van der Waals surface area contributed by atoms with Crippen molar-refractivity contribution in [2.75, 3.05) is 32.7 Å². The number of piperidine rings is 1. The van der Waals surface area contributed by atoms with Gasteiger partial charge < -0.3 is 15.1 Å². The maximum Gasteiger partial charge on any atom is 0.320 e. The van der Waals surface area contributed by atoms with Gasteiger partial charge in [-0.05, 0) is 56.2 Å². The van der Waals surface area contributed by atoms with Crippen molar-refractivity contribution in [3.05, 3.63) is 35.6 Å². The van der Waals surface area contributed by atoms with Crippen LogP contribution < -0.4 is 5.32 Å². The molecule has 27 heavy (non-hydrogen) atoms. The minimum atomic E-state index is -0.233. The van der Waals surface area contributed by atoms with Crippen LogP contribution in [0.1, 0.15) is 44.1 Å². The van der Waals surface area contributed by atoms with Crippen LogP contribution in [-0.2, 0) is 10.2 Å². The molecule has 2 aliphatic heterocycles. The van der Waals surface area contributed by atoms with E-state index in [1.807, 2.05) is 21.9 Å². The Hall–Kier alpha value is -2.11. The summed E-state index contributed by atoms with van der Waals surface area (Å²) in [6.45, 7) is 3.54. The zero-order valence-corrected chi connectivity index (χ0v) is 15.8. The number of carbonyl (C=O) groups is 2. The van der Waals surface area contributed by atoms with Crippen molar-refractivity contribution in [3.63, 3.8) is 0 Å². The second-order valence-corrected chi connectivity index (χ2v) is 8.27. The number of benzene rings is 1. The molecule has 1 saturated carbocycles. The molecular weight excluding hydrogens is 345 g/mol. The molecule has 1 aliphatic carbocycles. The highest BCUT2D eigenvalue weighted by Crippen LogP contribution is 2.47. The number of carbonyl (C=O) groups excluding carboxylic acids is 2. The van der Waals surface area contributed by atoms with Gasteiger partial charge in [0.25, 0.3) is 0 Å². The van der Waals surface area contributed by atoms with Gasteiger partial charge in [0, 0.05) is 38.1 Å². The summed E-state index contributed by atoms with van der Waals surface area (Å²) in [4.78, 5) is 29.1. The predicted octanol–water partition coefficient (Wildman–Crippen LogP) is 2.90. The molecule has 1 atom stereocenters. The molecule has 2 heterocycles. The van der Waals surface area contributed by atoms with Gasteiger partial charge in [0.05, 0.1) is 5.92 Å². The van der Waals surface area contributed by atoms with Gasteiger partial charge >= 0.3 is 6.03 Å². The first kappa shape index (κ1) is 18.3. The number of urea groups is 1. The van der Waals surface area contributed by atoms with Crippen molar-refractivity contribution in [3.8, 4) is 0 Å². The molecule has 0 bridgehead atoms. The van der Waals surface area contributed by atoms with Crippen molar-refractivity contribution in [1.29, 1.82) is 0 Å². The summed E-state index contributed by atoms with van der Waals surface area (Å²) >= 11 is 0. The van der Waals surface area contributed by atoms with Crippen molar-refractivity contribution in [2.24, 2.45) is 5.92 Å². The van der Waals surface area contributed by atoms with Crippen LogP contribution in [0.4, 0.5) is 9.18 Å². The predicted molar refractivity (Wildman–Crippen MR) is 101 cm³/mol. The standard InChI is InChI=1S/C21H28FN3O2/c22-18-7-5-17(6-8-18)21(9-10-21)15-23-19(26)16-4-3-13-25(14-16)20(27)24-11-1-2-12-24/h5-8,16H,1-4,9-15H2,(H,23,26)/t16-/m1/s1. The SMILES string of the molecule is O=C(NCC1(c2ccc(F)cc2)CC1)[C@@H]1CCCN(C(=O)N2CCCC2)C1. The lowest BCUT2D eigenvalue weighted by molar-refractivity contribution is -0.126. The molecule has 0 unspecified atom stereocenters. The van der Waals surface area contributed by atoms with Gasteiger partial charge in [-0.2, -0.15) is 0 Å². The Kier molecular flexibility index (Phi) is 5.06. The highest BCUT2D eigenvalue weighted by Gasteiger charge is 2.44. The lowest BCUT2D eigenvalue weighted by atomic mass is 9.94. The van der Waals surface area contributed by atoms with Gasteiger partial charge in [-0.15, -0.1) is 0 Å². The van der Waals surface area contributed by atoms with E-state index in [9.17, 15) is 14.0 Å². The Morgan fingerprint density at radius 3 is 2.37 bits per heavy atom. The smallest absolute Gasteiger partial charge is 0.320 e. The van der Waals surface area contributed by atoms with E-state index < -0.39 is 0 Å². The molecule has 3 fully saturated rings. The first-order valence-corrected chi connectivity index (χ1v) is 10.2. The fourth-order valence-corrected chi connectivity index (χ4v) is 4.40. The second kappa shape index (κ2) is 7.49. The summed E-state index contributed by atoms with van der Waals surface area (Å²) in [6, 6.07) is 6.72. The number of nitrogens with zero attached hydrogens (tertiary/aromatic N) is 2. The maximum atomic E-state index is 13.2. The Balaban J connectivity index is 1.31. The minimum Gasteiger partial charge on any atom is -0.355 e. The van der Waals surface area contributed by atoms with E-state index in [0.717, 1.165) is 63.7 Å². The van der Waals surface area contributed by atoms with Crippen LogP contribution in [0, 0.1) is 11.7 Å². The normalized spacial score (nSPS) is 24.0. The van der Waals surface area contributed by atoms with Crippen LogP contribution in [-0.4, -0.2) is 54.5 Å². The van der Waals surface area contributed by atoms with E-state index >= 15 is 0 Å². The highest BCUT2D eigenvalue weighted by atomic mass is 19.1. The number of rotatable bonds is 4. The van der Waals surface area contributed by atoms with E-state index in [1.54, 1.807) is 0 Å². The number of amides is 3. The molecule has 1 N–H and O–H groups in total. The van der Waals surface area contributed by atoms with E-state index in [1.165, 1.54) is 12.1 Å². The Morgan fingerprint density at radius 1 is 1.04 bits per heavy atom. The Morgan fingerprint density at radius 2 is 1.70 bits per heavy atom. The monoisotopic (exact) mass is 373 g/mol. The fraction of sp³-hybridized carbons (Fsp3) is 0.619. The van der Waals surface area contributed by atoms with Gasteiger partial charge in [-0.3, -0.25) is 4.79 Å². The van der Waals surface area contributed by atoms with E-state index in [-0.39, 0.29) is 29.1 Å². The van der Waals surface area contributed by atoms with Gasteiger partial charge in [0.2, 0.25) is 5.91 Å². The lowest BCUT2D eigenvalue weighted by Crippen LogP contribution is -2.50. The summed E-state index contributed by atoms with van der Waals surface area (Å²) in [5.41, 5.74) is 1.06. The van der Waals surface area contributed by atoms with Crippen LogP contribution in [0.25, 0.3) is 0 Å². The van der Waals surface area contributed by atoms with Crippen molar-refractivity contribution >= 4 is 11.9 Å². The number of hydrogen-bond donors (Lipinski definition) is 1. The lowest BCUT2D eigenvalue weighted by Gasteiger charge is -2.34. The zero-order chi connectivity index (χ0) is 18.9. The molecular formula is C21H28FN3O2. The summed E-state index contributed by atoms with van der Waals surface area (Å²) in [5.74, 6) is -0.319. The topological polar surface area (TPSA) is 52.7 Å². The van der Waals surface area contributed by atoms with Crippen LogP contribution in [0.5, 0.6) is 0 Å². The molecule has 0 spiro atoms. The number of hydrogen-bond acceptors (Lipinski definition) is 2. The van der Waals surface area contributed by atoms with E-state index in [0.29, 0.717) is 13.1 Å². The van der Waals surface area contributed by atoms with E-state index in [4.69, 9.17) is 0 Å². The van der Waals surface area contributed by atoms with Crippen molar-refractivity contribution < 1.29 is 14.0 Å². The number of halogens is 1. The molecule has 3 aliphatic rings. The third-order valence-electron chi connectivity index (χ3n) is 6.35. The Bertz CT molecular complexity index is 696. The quantitative estimate of drug-likeness (QED) is 0.882. The van der Waals surface area contributed by atoms with Crippen LogP contribution in [0.15, 0.2) is 24.3 Å². The Labute approximate surface area is 159 Å². The molecule has 146 valence electrons. The summed E-state index contributed by atoms with van der Waals surface area (Å²) in [6.07, 6.45) is 5.90. The molecule has 4 rings (SSSR count). The summed E-state index contributed by atoms with van der Waals surface area (Å²) in [7, 11) is 0. The van der Waals surface area contributed by atoms with Gasteiger partial charge in [-0.25, -0.2) is 9.18 Å². The molecule has 5 nitrogen and oxygen atoms in total. The molecule has 0 radical (unpaired) electrons. The highest BCUT2D eigenvalue weighted by molar-refractivity contribution is 5.81. The third-order valence-corrected chi connectivity index (χ3v) is 6.35. The minimum absolute atomic E-state index is 0.0386. The summed E-state index contributed by atoms with van der Waals surface area (Å²) < 4.78 is 13.2. The van der Waals surface area contributed by atoms with Gasteiger partial charge in [-0.1, -0.05) is 12.1 Å². The first-order chi connectivity index (χ1) is 13.1. The van der Waals surface area contributed by atoms with Crippen LogP contribution in [0.3, 0.4) is 0 Å². The second-order valence-electron chi connectivity index (χ2n) is 8.27. The van der Waals surface area contributed by atoms with E-state index in [2.05, 4.69) is 5.32 Å². The molecule has 1 aromatic rings. The van der Waals surface area contributed by atoms with Crippen molar-refractivity contribution in [2.45, 2.75) is 43.9 Å². The largest absolute Gasteiger partial charge is 0.355 e. The maximum absolute atomic E-state index is 13.2. The van der Waals surface area contributed by atoms with Crippen molar-refractivity contribution in [1.82, 2.24) is 15.1 Å². The molecule has 0 aromatic heterocycles. The third kappa shape index (κ3) is 3.94. The average molecular weight is 373 g/mol. The molecule has 1 aromatic carbocycles. The van der Waals surface area contributed by atoms with Gasteiger partial charge in [0.15, 0.2) is 0 Å². The summed E-state index contributed by atoms with van der Waals surface area (Å²) in [5, 5.41) is 3.11. The zero-order valence-electron chi connectivity index (χ0n) is 15.8. The molecule has 2 saturated heterocycles. The number of nitrogens with one attached hydrogen (secondary N) is 1. The van der Waals surface area contributed by atoms with Crippen LogP contribution in [0.2, 0.25) is 0 Å².